The number of nitrogens with zero attached hydrogens (tertiary/aromatic N) is 1. The van der Waals surface area contributed by atoms with Crippen molar-refractivity contribution in [2.24, 2.45) is 0 Å². The number of amides is 1. The van der Waals surface area contributed by atoms with Crippen LogP contribution in [0.2, 0.25) is 0 Å². The van der Waals surface area contributed by atoms with Crippen molar-refractivity contribution in [3.05, 3.63) is 59.7 Å². The Kier molecular flexibility index (Phi) is 7.53. The molecule has 1 saturated heterocycles. The lowest BCUT2D eigenvalue weighted by atomic mass is 10.1. The van der Waals surface area contributed by atoms with E-state index in [4.69, 9.17) is 14.2 Å². The zero-order chi connectivity index (χ0) is 20.5. The average Bonchev–Trinajstić information content (AvgIpc) is 2.78. The first kappa shape index (κ1) is 20.7. The SMILES string of the molecule is CCOc1ccc(/C=C/C(=O)NCc2ccc(N3CCOCC3)cc2)cc1OC. The maximum absolute atomic E-state index is 12.2. The van der Waals surface area contributed by atoms with Crippen LogP contribution in [0, 0.1) is 0 Å². The summed E-state index contributed by atoms with van der Waals surface area (Å²) in [4.78, 5) is 14.5. The number of anilines is 1. The molecule has 0 spiro atoms. The van der Waals surface area contributed by atoms with Crippen LogP contribution in [0.1, 0.15) is 18.1 Å². The first-order valence-electron chi connectivity index (χ1n) is 9.88. The van der Waals surface area contributed by atoms with Crippen LogP contribution in [0.15, 0.2) is 48.5 Å². The molecule has 154 valence electrons. The van der Waals surface area contributed by atoms with Gasteiger partial charge >= 0.3 is 0 Å². The number of hydrogen-bond donors (Lipinski definition) is 1. The van der Waals surface area contributed by atoms with Gasteiger partial charge in [-0.2, -0.15) is 0 Å². The maximum atomic E-state index is 12.2. The molecule has 1 fully saturated rings. The fraction of sp³-hybridized carbons (Fsp3) is 0.348. The molecule has 0 atom stereocenters. The molecule has 2 aromatic rings. The standard InChI is InChI=1S/C23H28N2O4/c1-3-29-21-10-6-18(16-22(21)27-2)7-11-23(26)24-17-19-4-8-20(9-5-19)25-12-14-28-15-13-25/h4-11,16H,3,12-15,17H2,1-2H3,(H,24,26)/b11-7+. The van der Waals surface area contributed by atoms with Gasteiger partial charge in [-0.25, -0.2) is 0 Å². The third kappa shape index (κ3) is 5.99. The molecule has 1 aliphatic heterocycles. The highest BCUT2D eigenvalue weighted by atomic mass is 16.5. The number of benzene rings is 2. The fourth-order valence-corrected chi connectivity index (χ4v) is 3.13. The van der Waals surface area contributed by atoms with Crippen LogP contribution in [0.4, 0.5) is 5.69 Å². The molecule has 0 saturated carbocycles. The van der Waals surface area contributed by atoms with Crippen molar-refractivity contribution in [1.29, 1.82) is 0 Å². The van der Waals surface area contributed by atoms with Crippen molar-refractivity contribution in [2.45, 2.75) is 13.5 Å². The van der Waals surface area contributed by atoms with Crippen LogP contribution >= 0.6 is 0 Å². The van der Waals surface area contributed by atoms with E-state index in [0.29, 0.717) is 24.7 Å². The van der Waals surface area contributed by atoms with Crippen LogP contribution in [-0.4, -0.2) is 45.9 Å². The predicted octanol–water partition coefficient (Wildman–Crippen LogP) is 3.26. The second kappa shape index (κ2) is 10.5. The van der Waals surface area contributed by atoms with E-state index in [2.05, 4.69) is 22.3 Å². The van der Waals surface area contributed by atoms with Crippen LogP contribution in [-0.2, 0) is 16.1 Å². The van der Waals surface area contributed by atoms with Gasteiger partial charge in [-0.3, -0.25) is 4.79 Å². The molecule has 2 aromatic carbocycles. The second-order valence-corrected chi connectivity index (χ2v) is 6.66. The molecule has 0 aliphatic carbocycles. The van der Waals surface area contributed by atoms with Gasteiger partial charge in [0.15, 0.2) is 11.5 Å². The van der Waals surface area contributed by atoms with Gasteiger partial charge in [-0.05, 0) is 48.4 Å². The maximum Gasteiger partial charge on any atom is 0.244 e. The molecular formula is C23H28N2O4. The van der Waals surface area contributed by atoms with Crippen LogP contribution in [0.25, 0.3) is 6.08 Å². The third-order valence-corrected chi connectivity index (χ3v) is 4.69. The zero-order valence-electron chi connectivity index (χ0n) is 17.0. The van der Waals surface area contributed by atoms with Crippen LogP contribution in [0.3, 0.4) is 0 Å². The first-order valence-corrected chi connectivity index (χ1v) is 9.88. The highest BCUT2D eigenvalue weighted by molar-refractivity contribution is 5.91. The number of methoxy groups -OCH3 is 1. The van der Waals surface area contributed by atoms with Gasteiger partial charge in [0.25, 0.3) is 0 Å². The van der Waals surface area contributed by atoms with E-state index in [1.54, 1.807) is 13.2 Å². The Morgan fingerprint density at radius 1 is 1.14 bits per heavy atom. The molecule has 1 N–H and O–H groups in total. The van der Waals surface area contributed by atoms with E-state index in [9.17, 15) is 4.79 Å². The number of rotatable bonds is 8. The predicted molar refractivity (Wildman–Crippen MR) is 115 cm³/mol. The molecule has 1 heterocycles. The lowest BCUT2D eigenvalue weighted by Crippen LogP contribution is -2.36. The van der Waals surface area contributed by atoms with Gasteiger partial charge in [0.2, 0.25) is 5.91 Å². The Balaban J connectivity index is 1.51. The van der Waals surface area contributed by atoms with Crippen LogP contribution in [0.5, 0.6) is 11.5 Å². The highest BCUT2D eigenvalue weighted by Crippen LogP contribution is 2.28. The van der Waals surface area contributed by atoms with Gasteiger partial charge in [-0.15, -0.1) is 0 Å². The zero-order valence-corrected chi connectivity index (χ0v) is 17.0. The molecular weight excluding hydrogens is 368 g/mol. The molecule has 29 heavy (non-hydrogen) atoms. The Labute approximate surface area is 172 Å². The molecule has 6 heteroatoms. The van der Waals surface area contributed by atoms with Crippen molar-refractivity contribution < 1.29 is 19.0 Å². The fourth-order valence-electron chi connectivity index (χ4n) is 3.13. The minimum atomic E-state index is -0.143. The lowest BCUT2D eigenvalue weighted by Gasteiger charge is -2.28. The van der Waals surface area contributed by atoms with Gasteiger partial charge < -0.3 is 24.4 Å². The average molecular weight is 396 g/mol. The number of hydrogen-bond acceptors (Lipinski definition) is 5. The molecule has 6 nitrogen and oxygen atoms in total. The highest BCUT2D eigenvalue weighted by Gasteiger charge is 2.10. The summed E-state index contributed by atoms with van der Waals surface area (Å²) in [5, 5.41) is 2.91. The largest absolute Gasteiger partial charge is 0.493 e. The van der Waals surface area contributed by atoms with E-state index in [1.807, 2.05) is 37.3 Å². The van der Waals surface area contributed by atoms with E-state index in [0.717, 1.165) is 37.4 Å². The lowest BCUT2D eigenvalue weighted by molar-refractivity contribution is -0.116. The molecule has 0 bridgehead atoms. The number of morpholine rings is 1. The van der Waals surface area contributed by atoms with Crippen molar-refractivity contribution in [1.82, 2.24) is 5.32 Å². The molecule has 0 unspecified atom stereocenters. The molecule has 1 aliphatic rings. The van der Waals surface area contributed by atoms with Gasteiger partial charge in [0.05, 0.1) is 26.9 Å². The number of carbonyl (C=O) groups is 1. The summed E-state index contributed by atoms with van der Waals surface area (Å²) in [5.74, 6) is 1.20. The molecule has 3 rings (SSSR count). The monoisotopic (exact) mass is 396 g/mol. The van der Waals surface area contributed by atoms with Crippen molar-refractivity contribution in [3.63, 3.8) is 0 Å². The topological polar surface area (TPSA) is 60.0 Å². The Morgan fingerprint density at radius 3 is 2.59 bits per heavy atom. The quantitative estimate of drug-likeness (QED) is 0.694. The summed E-state index contributed by atoms with van der Waals surface area (Å²) in [6.07, 6.45) is 3.28. The summed E-state index contributed by atoms with van der Waals surface area (Å²) < 4.78 is 16.2. The van der Waals surface area contributed by atoms with E-state index in [1.165, 1.54) is 11.8 Å². The summed E-state index contributed by atoms with van der Waals surface area (Å²) >= 11 is 0. The van der Waals surface area contributed by atoms with E-state index >= 15 is 0 Å². The normalized spacial score (nSPS) is 14.1. The van der Waals surface area contributed by atoms with Gasteiger partial charge in [-0.1, -0.05) is 18.2 Å². The Bertz CT molecular complexity index is 827. The first-order chi connectivity index (χ1) is 14.2. The Morgan fingerprint density at radius 2 is 1.90 bits per heavy atom. The molecule has 0 radical (unpaired) electrons. The van der Waals surface area contributed by atoms with Crippen molar-refractivity contribution in [2.75, 3.05) is 44.9 Å². The van der Waals surface area contributed by atoms with Crippen LogP contribution < -0.4 is 19.7 Å². The van der Waals surface area contributed by atoms with Crippen molar-refractivity contribution >= 4 is 17.7 Å². The van der Waals surface area contributed by atoms with Gasteiger partial charge in [0.1, 0.15) is 0 Å². The minimum absolute atomic E-state index is 0.143. The summed E-state index contributed by atoms with van der Waals surface area (Å²) in [6.45, 7) is 6.34. The minimum Gasteiger partial charge on any atom is -0.493 e. The number of carbonyl (C=O) groups excluding carboxylic acids is 1. The molecule has 0 aromatic heterocycles. The smallest absolute Gasteiger partial charge is 0.244 e. The van der Waals surface area contributed by atoms with E-state index < -0.39 is 0 Å². The number of ether oxygens (including phenoxy) is 3. The van der Waals surface area contributed by atoms with E-state index in [-0.39, 0.29) is 5.91 Å². The second-order valence-electron chi connectivity index (χ2n) is 6.66. The Hall–Kier alpha value is -2.99. The summed E-state index contributed by atoms with van der Waals surface area (Å²) in [6, 6.07) is 13.9. The summed E-state index contributed by atoms with van der Waals surface area (Å²) in [5.41, 5.74) is 3.12. The number of nitrogens with one attached hydrogen (secondary N) is 1. The van der Waals surface area contributed by atoms with Crippen molar-refractivity contribution in [3.8, 4) is 11.5 Å². The molecule has 1 amide bonds. The third-order valence-electron chi connectivity index (χ3n) is 4.69. The summed E-state index contributed by atoms with van der Waals surface area (Å²) in [7, 11) is 1.60. The van der Waals surface area contributed by atoms with Gasteiger partial charge in [0, 0.05) is 31.4 Å².